The molecule has 2 aromatic carbocycles. The van der Waals surface area contributed by atoms with Gasteiger partial charge in [0.25, 0.3) is 0 Å². The SMILES string of the molecule is N#Cc1cc(N)c(Cc2cccc(Cl)c2)n1CCOc1ccc(Cl)cc1. The van der Waals surface area contributed by atoms with Crippen molar-refractivity contribution in [1.82, 2.24) is 4.57 Å². The fourth-order valence-electron chi connectivity index (χ4n) is 2.78. The van der Waals surface area contributed by atoms with Crippen molar-refractivity contribution in [3.8, 4) is 11.8 Å². The van der Waals surface area contributed by atoms with Crippen molar-refractivity contribution in [3.63, 3.8) is 0 Å². The lowest BCUT2D eigenvalue weighted by molar-refractivity contribution is 0.296. The van der Waals surface area contributed by atoms with Crippen molar-refractivity contribution in [1.29, 1.82) is 5.26 Å². The van der Waals surface area contributed by atoms with Gasteiger partial charge >= 0.3 is 0 Å². The molecule has 0 amide bonds. The summed E-state index contributed by atoms with van der Waals surface area (Å²) in [6.07, 6.45) is 0.592. The largest absolute Gasteiger partial charge is 0.492 e. The van der Waals surface area contributed by atoms with Crippen molar-refractivity contribution in [2.24, 2.45) is 0 Å². The third-order valence-electron chi connectivity index (χ3n) is 4.01. The van der Waals surface area contributed by atoms with Crippen LogP contribution in [0.4, 0.5) is 5.69 Å². The number of hydrogen-bond donors (Lipinski definition) is 1. The molecular weight excluding hydrogens is 369 g/mol. The highest BCUT2D eigenvalue weighted by Gasteiger charge is 2.14. The summed E-state index contributed by atoms with van der Waals surface area (Å²) in [4.78, 5) is 0. The van der Waals surface area contributed by atoms with E-state index in [-0.39, 0.29) is 0 Å². The number of nitrogens with zero attached hydrogens (tertiary/aromatic N) is 2. The molecule has 26 heavy (non-hydrogen) atoms. The normalized spacial score (nSPS) is 10.5. The molecule has 0 saturated heterocycles. The number of halogens is 2. The molecule has 0 fully saturated rings. The molecule has 0 spiro atoms. The minimum atomic E-state index is 0.410. The Balaban J connectivity index is 1.77. The van der Waals surface area contributed by atoms with Crippen molar-refractivity contribution < 1.29 is 4.74 Å². The quantitative estimate of drug-likeness (QED) is 0.654. The third kappa shape index (κ3) is 4.32. The molecule has 132 valence electrons. The van der Waals surface area contributed by atoms with Gasteiger partial charge < -0.3 is 15.0 Å². The van der Waals surface area contributed by atoms with Gasteiger partial charge in [-0.15, -0.1) is 0 Å². The third-order valence-corrected chi connectivity index (χ3v) is 4.50. The molecule has 4 nitrogen and oxygen atoms in total. The predicted octanol–water partition coefficient (Wildman–Crippen LogP) is 4.92. The first-order valence-corrected chi connectivity index (χ1v) is 8.83. The molecule has 3 rings (SSSR count). The highest BCUT2D eigenvalue weighted by atomic mass is 35.5. The van der Waals surface area contributed by atoms with Gasteiger partial charge in [0.15, 0.2) is 0 Å². The summed E-state index contributed by atoms with van der Waals surface area (Å²) in [6.45, 7) is 0.922. The number of anilines is 1. The molecule has 0 radical (unpaired) electrons. The molecule has 0 atom stereocenters. The predicted molar refractivity (Wildman–Crippen MR) is 105 cm³/mol. The van der Waals surface area contributed by atoms with Gasteiger partial charge in [0.2, 0.25) is 0 Å². The van der Waals surface area contributed by atoms with Gasteiger partial charge in [0, 0.05) is 22.2 Å². The summed E-state index contributed by atoms with van der Waals surface area (Å²) in [5, 5.41) is 10.7. The lowest BCUT2D eigenvalue weighted by atomic mass is 10.1. The van der Waals surface area contributed by atoms with E-state index in [0.717, 1.165) is 17.0 Å². The van der Waals surface area contributed by atoms with Crippen LogP contribution >= 0.6 is 23.2 Å². The maximum Gasteiger partial charge on any atom is 0.122 e. The number of nitrogens with two attached hydrogens (primary N) is 1. The monoisotopic (exact) mass is 385 g/mol. The average molecular weight is 386 g/mol. The molecule has 2 N–H and O–H groups in total. The summed E-state index contributed by atoms with van der Waals surface area (Å²) in [5.41, 5.74) is 9.16. The molecule has 0 aliphatic carbocycles. The molecule has 1 aromatic heterocycles. The van der Waals surface area contributed by atoms with E-state index in [2.05, 4.69) is 6.07 Å². The van der Waals surface area contributed by atoms with Crippen molar-refractivity contribution in [3.05, 3.63) is 81.6 Å². The Morgan fingerprint density at radius 3 is 2.50 bits per heavy atom. The Hall–Kier alpha value is -2.61. The highest BCUT2D eigenvalue weighted by molar-refractivity contribution is 6.30. The van der Waals surface area contributed by atoms with Crippen molar-refractivity contribution in [2.75, 3.05) is 12.3 Å². The molecule has 3 aromatic rings. The fraction of sp³-hybridized carbons (Fsp3) is 0.150. The first kappa shape index (κ1) is 18.2. The summed E-state index contributed by atoms with van der Waals surface area (Å²) in [7, 11) is 0. The van der Waals surface area contributed by atoms with E-state index < -0.39 is 0 Å². The van der Waals surface area contributed by atoms with Gasteiger partial charge in [0.1, 0.15) is 24.1 Å². The zero-order valence-electron chi connectivity index (χ0n) is 14.0. The Morgan fingerprint density at radius 2 is 1.81 bits per heavy atom. The Kier molecular flexibility index (Phi) is 5.72. The Bertz CT molecular complexity index is 943. The van der Waals surface area contributed by atoms with Crippen molar-refractivity contribution >= 4 is 28.9 Å². The second-order valence-electron chi connectivity index (χ2n) is 5.80. The van der Waals surface area contributed by atoms with Crippen LogP contribution < -0.4 is 10.5 Å². The Morgan fingerprint density at radius 1 is 1.04 bits per heavy atom. The second kappa shape index (κ2) is 8.18. The van der Waals surface area contributed by atoms with Gasteiger partial charge in [-0.2, -0.15) is 5.26 Å². The van der Waals surface area contributed by atoms with E-state index in [1.54, 1.807) is 18.2 Å². The van der Waals surface area contributed by atoms with Crippen LogP contribution in [0.25, 0.3) is 0 Å². The van der Waals surface area contributed by atoms with E-state index >= 15 is 0 Å². The van der Waals surface area contributed by atoms with Crippen LogP contribution in [0, 0.1) is 11.3 Å². The van der Waals surface area contributed by atoms with Gasteiger partial charge in [-0.05, 0) is 48.0 Å². The first-order chi connectivity index (χ1) is 12.6. The zero-order chi connectivity index (χ0) is 18.5. The number of ether oxygens (including phenoxy) is 1. The second-order valence-corrected chi connectivity index (χ2v) is 6.68. The van der Waals surface area contributed by atoms with E-state index in [4.69, 9.17) is 33.7 Å². The smallest absolute Gasteiger partial charge is 0.122 e. The number of rotatable bonds is 6. The minimum Gasteiger partial charge on any atom is -0.492 e. The van der Waals surface area contributed by atoms with Gasteiger partial charge in [-0.3, -0.25) is 0 Å². The average Bonchev–Trinajstić information content (AvgIpc) is 2.92. The summed E-state index contributed by atoms with van der Waals surface area (Å²) in [5.74, 6) is 0.726. The van der Waals surface area contributed by atoms with E-state index in [9.17, 15) is 5.26 Å². The van der Waals surface area contributed by atoms with Crippen LogP contribution in [-0.2, 0) is 13.0 Å². The zero-order valence-corrected chi connectivity index (χ0v) is 15.5. The fourth-order valence-corrected chi connectivity index (χ4v) is 3.12. The number of benzene rings is 2. The molecule has 0 bridgehead atoms. The van der Waals surface area contributed by atoms with Crippen LogP contribution in [-0.4, -0.2) is 11.2 Å². The summed E-state index contributed by atoms with van der Waals surface area (Å²) >= 11 is 11.9. The van der Waals surface area contributed by atoms with Crippen LogP contribution in [0.2, 0.25) is 10.0 Å². The van der Waals surface area contributed by atoms with Gasteiger partial charge in [-0.25, -0.2) is 0 Å². The number of aromatic nitrogens is 1. The van der Waals surface area contributed by atoms with E-state index in [0.29, 0.717) is 41.0 Å². The van der Waals surface area contributed by atoms with E-state index in [1.807, 2.05) is 41.0 Å². The standard InChI is InChI=1S/C20H17Cl2N3O/c21-15-4-6-18(7-5-15)26-9-8-25-17(13-23)12-19(24)20(25)11-14-2-1-3-16(22)10-14/h1-7,10,12H,8-9,11,24H2. The summed E-state index contributed by atoms with van der Waals surface area (Å²) < 4.78 is 7.64. The highest BCUT2D eigenvalue weighted by Crippen LogP contribution is 2.23. The molecule has 0 aliphatic heterocycles. The van der Waals surface area contributed by atoms with E-state index in [1.165, 1.54) is 0 Å². The molecule has 0 unspecified atom stereocenters. The molecule has 0 saturated carbocycles. The Labute approximate surface area is 162 Å². The van der Waals surface area contributed by atoms with Crippen LogP contribution in [0.3, 0.4) is 0 Å². The van der Waals surface area contributed by atoms with Crippen LogP contribution in [0.1, 0.15) is 17.0 Å². The molecule has 6 heteroatoms. The van der Waals surface area contributed by atoms with Gasteiger partial charge in [0.05, 0.1) is 12.2 Å². The molecule has 0 aliphatic rings. The lowest BCUT2D eigenvalue weighted by Gasteiger charge is -2.13. The molecular formula is C20H17Cl2N3O. The maximum absolute atomic E-state index is 9.41. The van der Waals surface area contributed by atoms with Crippen molar-refractivity contribution in [2.45, 2.75) is 13.0 Å². The number of hydrogen-bond acceptors (Lipinski definition) is 3. The van der Waals surface area contributed by atoms with Crippen LogP contribution in [0.5, 0.6) is 5.75 Å². The number of nitrogen functional groups attached to an aromatic ring is 1. The minimum absolute atomic E-state index is 0.410. The lowest BCUT2D eigenvalue weighted by Crippen LogP contribution is -2.13. The summed E-state index contributed by atoms with van der Waals surface area (Å²) in [6, 6.07) is 18.7. The first-order valence-electron chi connectivity index (χ1n) is 8.07. The topological polar surface area (TPSA) is 64.0 Å². The van der Waals surface area contributed by atoms with Crippen LogP contribution in [0.15, 0.2) is 54.6 Å². The maximum atomic E-state index is 9.41. The van der Waals surface area contributed by atoms with Gasteiger partial charge in [-0.1, -0.05) is 35.3 Å². The molecule has 1 heterocycles. The number of nitriles is 1.